The van der Waals surface area contributed by atoms with Crippen LogP contribution in [0.1, 0.15) is 26.7 Å². The third-order valence-corrected chi connectivity index (χ3v) is 2.12. The van der Waals surface area contributed by atoms with Gasteiger partial charge in [-0.3, -0.25) is 0 Å². The molecule has 0 saturated carbocycles. The molecule has 0 bridgehead atoms. The highest BCUT2D eigenvalue weighted by atomic mass is 15.1. The lowest BCUT2D eigenvalue weighted by Crippen LogP contribution is -2.26. The second kappa shape index (κ2) is 9.90. The van der Waals surface area contributed by atoms with Gasteiger partial charge in [0.2, 0.25) is 0 Å². The molecule has 0 fully saturated rings. The zero-order valence-corrected chi connectivity index (χ0v) is 11.5. The summed E-state index contributed by atoms with van der Waals surface area (Å²) in [5.74, 6) is 0.534. The number of unbranched alkanes of at least 4 members (excludes halogenated alkanes) is 1. The van der Waals surface area contributed by atoms with Crippen molar-refractivity contribution in [3.05, 3.63) is 23.7 Å². The van der Waals surface area contributed by atoms with E-state index < -0.39 is 0 Å². The molecule has 0 spiro atoms. The van der Waals surface area contributed by atoms with E-state index >= 15 is 0 Å². The Hall–Kier alpha value is -1.29. The van der Waals surface area contributed by atoms with E-state index in [1.807, 2.05) is 13.0 Å². The van der Waals surface area contributed by atoms with Crippen molar-refractivity contribution >= 4 is 6.21 Å². The third-order valence-electron chi connectivity index (χ3n) is 2.12. The monoisotopic (exact) mass is 238 g/mol. The van der Waals surface area contributed by atoms with Crippen molar-refractivity contribution in [3.8, 4) is 0 Å². The molecule has 0 aromatic heterocycles. The Morgan fingerprint density at radius 3 is 2.65 bits per heavy atom. The molecule has 0 radical (unpaired) electrons. The first-order valence-corrected chi connectivity index (χ1v) is 6.14. The fourth-order valence-electron chi connectivity index (χ4n) is 1.25. The highest BCUT2D eigenvalue weighted by molar-refractivity contribution is 5.55. The molecule has 4 nitrogen and oxygen atoms in total. The van der Waals surface area contributed by atoms with Crippen molar-refractivity contribution in [2.45, 2.75) is 26.7 Å². The van der Waals surface area contributed by atoms with E-state index in [1.54, 1.807) is 6.21 Å². The van der Waals surface area contributed by atoms with Crippen LogP contribution in [-0.2, 0) is 0 Å². The number of hydrogen-bond donors (Lipinski definition) is 2. The van der Waals surface area contributed by atoms with E-state index in [1.165, 1.54) is 0 Å². The van der Waals surface area contributed by atoms with Gasteiger partial charge < -0.3 is 16.0 Å². The Labute approximate surface area is 105 Å². The van der Waals surface area contributed by atoms with Crippen LogP contribution in [-0.4, -0.2) is 38.3 Å². The molecule has 0 aliphatic carbocycles. The molecule has 0 unspecified atom stereocenters. The topological polar surface area (TPSA) is 53.6 Å². The summed E-state index contributed by atoms with van der Waals surface area (Å²) in [7, 11) is 4.12. The first kappa shape index (κ1) is 15.7. The SMILES string of the molecule is CC=N/C(N)=C\C(=C\CCC)NCCN(C)C. The fourth-order valence-corrected chi connectivity index (χ4v) is 1.25. The van der Waals surface area contributed by atoms with Gasteiger partial charge in [-0.15, -0.1) is 0 Å². The maximum atomic E-state index is 5.76. The lowest BCUT2D eigenvalue weighted by Gasteiger charge is -2.12. The summed E-state index contributed by atoms with van der Waals surface area (Å²) >= 11 is 0. The van der Waals surface area contributed by atoms with Crippen LogP contribution < -0.4 is 11.1 Å². The largest absolute Gasteiger partial charge is 0.384 e. The normalized spacial score (nSPS) is 13.7. The molecule has 0 saturated heterocycles. The number of allylic oxidation sites excluding steroid dienone is 2. The Balaban J connectivity index is 4.38. The van der Waals surface area contributed by atoms with E-state index in [0.717, 1.165) is 31.6 Å². The summed E-state index contributed by atoms with van der Waals surface area (Å²) in [6.45, 7) is 5.91. The minimum absolute atomic E-state index is 0.534. The first-order chi connectivity index (χ1) is 8.10. The Morgan fingerprint density at radius 2 is 2.12 bits per heavy atom. The predicted molar refractivity (Wildman–Crippen MR) is 76.0 cm³/mol. The molecule has 0 amide bonds. The van der Waals surface area contributed by atoms with Crippen LogP contribution in [0.3, 0.4) is 0 Å². The summed E-state index contributed by atoms with van der Waals surface area (Å²) in [6.07, 6.45) is 7.91. The Bertz CT molecular complexity index is 277. The minimum Gasteiger partial charge on any atom is -0.384 e. The van der Waals surface area contributed by atoms with Crippen molar-refractivity contribution in [2.75, 3.05) is 27.2 Å². The minimum atomic E-state index is 0.534. The maximum Gasteiger partial charge on any atom is 0.124 e. The average Bonchev–Trinajstić information content (AvgIpc) is 2.25. The van der Waals surface area contributed by atoms with Crippen LogP contribution in [0, 0.1) is 0 Å². The number of nitrogens with one attached hydrogen (secondary N) is 1. The van der Waals surface area contributed by atoms with Crippen LogP contribution in [0.2, 0.25) is 0 Å². The van der Waals surface area contributed by atoms with Gasteiger partial charge >= 0.3 is 0 Å². The van der Waals surface area contributed by atoms with Gasteiger partial charge in [0.25, 0.3) is 0 Å². The summed E-state index contributed by atoms with van der Waals surface area (Å²) in [5, 5.41) is 3.36. The van der Waals surface area contributed by atoms with Gasteiger partial charge in [0.1, 0.15) is 5.82 Å². The van der Waals surface area contributed by atoms with Crippen LogP contribution in [0.5, 0.6) is 0 Å². The van der Waals surface area contributed by atoms with Crippen molar-refractivity contribution in [1.29, 1.82) is 0 Å². The van der Waals surface area contributed by atoms with Gasteiger partial charge in [-0.2, -0.15) is 0 Å². The van der Waals surface area contributed by atoms with E-state index in [0.29, 0.717) is 5.82 Å². The fraction of sp³-hybridized carbons (Fsp3) is 0.615. The molecule has 0 atom stereocenters. The van der Waals surface area contributed by atoms with Crippen LogP contribution in [0.4, 0.5) is 0 Å². The second-order valence-corrected chi connectivity index (χ2v) is 4.13. The quantitative estimate of drug-likeness (QED) is 0.500. The summed E-state index contributed by atoms with van der Waals surface area (Å²) in [6, 6.07) is 0. The number of hydrogen-bond acceptors (Lipinski definition) is 4. The first-order valence-electron chi connectivity index (χ1n) is 6.14. The zero-order chi connectivity index (χ0) is 13.1. The Kier molecular flexibility index (Phi) is 9.15. The zero-order valence-electron chi connectivity index (χ0n) is 11.5. The number of nitrogens with two attached hydrogens (primary N) is 1. The molecule has 17 heavy (non-hydrogen) atoms. The third kappa shape index (κ3) is 9.63. The molecule has 0 rings (SSSR count). The van der Waals surface area contributed by atoms with E-state index in [9.17, 15) is 0 Å². The van der Waals surface area contributed by atoms with Gasteiger partial charge in [-0.25, -0.2) is 4.99 Å². The van der Waals surface area contributed by atoms with Crippen molar-refractivity contribution in [3.63, 3.8) is 0 Å². The molecular weight excluding hydrogens is 212 g/mol. The molecule has 0 aliphatic rings. The van der Waals surface area contributed by atoms with Crippen LogP contribution in [0.15, 0.2) is 28.7 Å². The number of likely N-dealkylation sites (N-methyl/N-ethyl adjacent to an activating group) is 1. The lowest BCUT2D eigenvalue weighted by atomic mass is 10.2. The van der Waals surface area contributed by atoms with E-state index in [4.69, 9.17) is 5.73 Å². The number of aliphatic imine (C=N–C) groups is 1. The highest BCUT2D eigenvalue weighted by Crippen LogP contribution is 2.00. The summed E-state index contributed by atoms with van der Waals surface area (Å²) in [5.41, 5.74) is 6.81. The van der Waals surface area contributed by atoms with Crippen LogP contribution >= 0.6 is 0 Å². The Morgan fingerprint density at radius 1 is 1.41 bits per heavy atom. The van der Waals surface area contributed by atoms with Crippen molar-refractivity contribution in [1.82, 2.24) is 10.2 Å². The standard InChI is InChI=1S/C13H26N4/c1-5-7-8-12(11-13(14)15-6-2)16-9-10-17(3)4/h6,8,11,16H,5,7,9-10,14H2,1-4H3/b12-8-,13-11-,15-6?. The highest BCUT2D eigenvalue weighted by Gasteiger charge is 1.95. The number of nitrogens with zero attached hydrogens (tertiary/aromatic N) is 2. The molecule has 0 aromatic rings. The maximum absolute atomic E-state index is 5.76. The molecule has 3 N–H and O–H groups in total. The lowest BCUT2D eigenvalue weighted by molar-refractivity contribution is 0.408. The van der Waals surface area contributed by atoms with Gasteiger partial charge in [-0.05, 0) is 27.4 Å². The molecular formula is C13H26N4. The summed E-state index contributed by atoms with van der Waals surface area (Å²) in [4.78, 5) is 6.18. The second-order valence-electron chi connectivity index (χ2n) is 4.13. The molecule has 0 aromatic carbocycles. The van der Waals surface area contributed by atoms with Gasteiger partial charge in [0.05, 0.1) is 0 Å². The average molecular weight is 238 g/mol. The number of rotatable bonds is 8. The molecule has 0 heterocycles. The van der Waals surface area contributed by atoms with Crippen molar-refractivity contribution < 1.29 is 0 Å². The van der Waals surface area contributed by atoms with E-state index in [2.05, 4.69) is 42.3 Å². The van der Waals surface area contributed by atoms with Gasteiger partial charge in [-0.1, -0.05) is 19.4 Å². The predicted octanol–water partition coefficient (Wildman–Crippen LogP) is 1.71. The van der Waals surface area contributed by atoms with Crippen molar-refractivity contribution in [2.24, 2.45) is 10.7 Å². The molecule has 0 aliphatic heterocycles. The van der Waals surface area contributed by atoms with E-state index in [-0.39, 0.29) is 0 Å². The molecule has 4 heteroatoms. The molecule has 98 valence electrons. The van der Waals surface area contributed by atoms with Gasteiger partial charge in [0, 0.05) is 31.1 Å². The van der Waals surface area contributed by atoms with Gasteiger partial charge in [0.15, 0.2) is 0 Å². The smallest absolute Gasteiger partial charge is 0.124 e. The summed E-state index contributed by atoms with van der Waals surface area (Å²) < 4.78 is 0. The van der Waals surface area contributed by atoms with Crippen LogP contribution in [0.25, 0.3) is 0 Å².